The van der Waals surface area contributed by atoms with E-state index in [0.29, 0.717) is 10.0 Å². The fraction of sp³-hybridized carbons (Fsp3) is 0. The summed E-state index contributed by atoms with van der Waals surface area (Å²) in [6, 6.07) is 16.6. The Labute approximate surface area is 161 Å². The van der Waals surface area contributed by atoms with Crippen molar-refractivity contribution in [1.29, 1.82) is 0 Å². The summed E-state index contributed by atoms with van der Waals surface area (Å²) in [7, 11) is -7.74. The lowest BCUT2D eigenvalue weighted by molar-refractivity contribution is 0.594. The lowest BCUT2D eigenvalue weighted by Gasteiger charge is -2.08. The molecule has 0 bridgehead atoms. The molecule has 0 amide bonds. The average Bonchev–Trinajstić information content (AvgIpc) is 2.62. The highest BCUT2D eigenvalue weighted by molar-refractivity contribution is 7.92. The third-order valence-corrected chi connectivity index (χ3v) is 7.71. The third kappa shape index (κ3) is 3.64. The second kappa shape index (κ2) is 7.04. The monoisotopic (exact) mass is 426 g/mol. The van der Waals surface area contributed by atoms with Gasteiger partial charge in [0, 0.05) is 10.0 Å². The van der Waals surface area contributed by atoms with Crippen LogP contribution in [0.25, 0.3) is 0 Å². The van der Waals surface area contributed by atoms with E-state index in [4.69, 9.17) is 23.2 Å². The Morgan fingerprint density at radius 3 is 1.19 bits per heavy atom. The van der Waals surface area contributed by atoms with Gasteiger partial charge in [-0.2, -0.15) is 0 Å². The molecule has 26 heavy (non-hydrogen) atoms. The minimum absolute atomic E-state index is 0.0305. The molecule has 0 saturated carbocycles. The lowest BCUT2D eigenvalue weighted by Crippen LogP contribution is -2.06. The van der Waals surface area contributed by atoms with Gasteiger partial charge in [0.25, 0.3) is 0 Å². The van der Waals surface area contributed by atoms with Crippen molar-refractivity contribution in [2.75, 3.05) is 0 Å². The molecular weight excluding hydrogens is 415 g/mol. The van der Waals surface area contributed by atoms with Crippen LogP contribution in [0.4, 0.5) is 0 Å². The highest BCUT2D eigenvalue weighted by Gasteiger charge is 2.22. The van der Waals surface area contributed by atoms with Crippen LogP contribution in [0.1, 0.15) is 0 Å². The van der Waals surface area contributed by atoms with Gasteiger partial charge in [-0.15, -0.1) is 0 Å². The van der Waals surface area contributed by atoms with E-state index in [1.165, 1.54) is 66.7 Å². The van der Waals surface area contributed by atoms with Crippen LogP contribution in [0.15, 0.2) is 92.4 Å². The molecule has 0 N–H and O–H groups in total. The van der Waals surface area contributed by atoms with Crippen molar-refractivity contribution in [3.63, 3.8) is 0 Å². The number of benzene rings is 3. The molecule has 0 aliphatic rings. The van der Waals surface area contributed by atoms with Gasteiger partial charge in [0.1, 0.15) is 0 Å². The molecule has 0 aliphatic heterocycles. The summed E-state index contributed by atoms with van der Waals surface area (Å²) in [5, 5.41) is 0.811. The average molecular weight is 427 g/mol. The molecule has 0 saturated heterocycles. The van der Waals surface area contributed by atoms with Crippen molar-refractivity contribution >= 4 is 42.9 Å². The lowest BCUT2D eigenvalue weighted by atomic mass is 10.4. The van der Waals surface area contributed by atoms with Crippen LogP contribution in [-0.2, 0) is 19.7 Å². The zero-order valence-electron chi connectivity index (χ0n) is 13.1. The normalized spacial score (nSPS) is 12.1. The van der Waals surface area contributed by atoms with Crippen LogP contribution < -0.4 is 0 Å². The van der Waals surface area contributed by atoms with Gasteiger partial charge in [0.05, 0.1) is 19.6 Å². The highest BCUT2D eigenvalue weighted by Crippen LogP contribution is 2.27. The molecule has 0 unspecified atom stereocenters. The Balaban J connectivity index is 2.08. The quantitative estimate of drug-likeness (QED) is 0.608. The topological polar surface area (TPSA) is 68.3 Å². The number of rotatable bonds is 4. The summed E-state index contributed by atoms with van der Waals surface area (Å²) >= 11 is 11.6. The predicted octanol–water partition coefficient (Wildman–Crippen LogP) is 4.66. The van der Waals surface area contributed by atoms with E-state index in [-0.39, 0.29) is 19.6 Å². The minimum atomic E-state index is -3.87. The Morgan fingerprint density at radius 1 is 0.500 bits per heavy atom. The SMILES string of the molecule is O=S(=O)(c1ccc(Cl)cc1)c1cccc(S(=O)(=O)c2ccc(Cl)cc2)c1. The number of halogens is 2. The van der Waals surface area contributed by atoms with E-state index >= 15 is 0 Å². The van der Waals surface area contributed by atoms with Crippen molar-refractivity contribution in [3.05, 3.63) is 82.8 Å². The minimum Gasteiger partial charge on any atom is -0.219 e. The van der Waals surface area contributed by atoms with Gasteiger partial charge in [0.2, 0.25) is 19.7 Å². The molecule has 0 heterocycles. The molecule has 0 fully saturated rings. The molecule has 8 heteroatoms. The summed E-state index contributed by atoms with van der Waals surface area (Å²) in [6.45, 7) is 0. The van der Waals surface area contributed by atoms with Crippen molar-refractivity contribution in [2.24, 2.45) is 0 Å². The Kier molecular flexibility index (Phi) is 5.12. The van der Waals surface area contributed by atoms with E-state index in [1.54, 1.807) is 0 Å². The first-order valence-corrected chi connectivity index (χ1v) is 11.0. The summed E-state index contributed by atoms with van der Waals surface area (Å²) in [5.41, 5.74) is 0. The predicted molar refractivity (Wildman–Crippen MR) is 100 cm³/mol. The van der Waals surface area contributed by atoms with Crippen LogP contribution in [0.2, 0.25) is 10.0 Å². The van der Waals surface area contributed by atoms with Gasteiger partial charge in [-0.25, -0.2) is 16.8 Å². The van der Waals surface area contributed by atoms with E-state index in [0.717, 1.165) is 6.07 Å². The largest absolute Gasteiger partial charge is 0.219 e. The molecule has 3 aromatic rings. The molecule has 3 aromatic carbocycles. The van der Waals surface area contributed by atoms with Gasteiger partial charge >= 0.3 is 0 Å². The standard InChI is InChI=1S/C18H12Cl2O4S2/c19-13-4-8-15(9-5-13)25(21,22)17-2-1-3-18(12-17)26(23,24)16-10-6-14(20)7-11-16/h1-12H. The number of hydrogen-bond acceptors (Lipinski definition) is 4. The summed E-state index contributed by atoms with van der Waals surface area (Å²) in [6.07, 6.45) is 0. The van der Waals surface area contributed by atoms with Crippen molar-refractivity contribution in [1.82, 2.24) is 0 Å². The maximum Gasteiger partial charge on any atom is 0.206 e. The Morgan fingerprint density at radius 2 is 0.846 bits per heavy atom. The maximum absolute atomic E-state index is 12.8. The smallest absolute Gasteiger partial charge is 0.206 e. The van der Waals surface area contributed by atoms with E-state index in [9.17, 15) is 16.8 Å². The molecule has 0 atom stereocenters. The molecular formula is C18H12Cl2O4S2. The first-order valence-electron chi connectivity index (χ1n) is 7.33. The van der Waals surface area contributed by atoms with Crippen LogP contribution >= 0.6 is 23.2 Å². The van der Waals surface area contributed by atoms with Crippen LogP contribution in [0.3, 0.4) is 0 Å². The van der Waals surface area contributed by atoms with Gasteiger partial charge in [0.15, 0.2) is 0 Å². The molecule has 0 aliphatic carbocycles. The number of sulfone groups is 2. The first-order chi connectivity index (χ1) is 12.2. The van der Waals surface area contributed by atoms with Gasteiger partial charge in [-0.3, -0.25) is 0 Å². The fourth-order valence-corrected chi connectivity index (χ4v) is 5.25. The molecule has 4 nitrogen and oxygen atoms in total. The van der Waals surface area contributed by atoms with E-state index in [1.807, 2.05) is 0 Å². The van der Waals surface area contributed by atoms with Crippen LogP contribution in [-0.4, -0.2) is 16.8 Å². The molecule has 3 rings (SSSR count). The molecule has 0 spiro atoms. The highest BCUT2D eigenvalue weighted by atomic mass is 35.5. The van der Waals surface area contributed by atoms with Gasteiger partial charge in [-0.05, 0) is 66.7 Å². The number of hydrogen-bond donors (Lipinski definition) is 0. The molecule has 0 aromatic heterocycles. The van der Waals surface area contributed by atoms with Crippen LogP contribution in [0.5, 0.6) is 0 Å². The van der Waals surface area contributed by atoms with Crippen LogP contribution in [0, 0.1) is 0 Å². The summed E-state index contributed by atoms with van der Waals surface area (Å²) < 4.78 is 51.0. The Bertz CT molecular complexity index is 1060. The van der Waals surface area contributed by atoms with Gasteiger partial charge in [-0.1, -0.05) is 29.3 Å². The zero-order valence-corrected chi connectivity index (χ0v) is 16.3. The molecule has 134 valence electrons. The van der Waals surface area contributed by atoms with Crippen molar-refractivity contribution < 1.29 is 16.8 Å². The third-order valence-electron chi connectivity index (χ3n) is 3.67. The van der Waals surface area contributed by atoms with Gasteiger partial charge < -0.3 is 0 Å². The van der Waals surface area contributed by atoms with Crippen molar-refractivity contribution in [3.8, 4) is 0 Å². The summed E-state index contributed by atoms with van der Waals surface area (Å²) in [4.78, 5) is -0.171. The maximum atomic E-state index is 12.8. The first kappa shape index (κ1) is 18.9. The van der Waals surface area contributed by atoms with E-state index < -0.39 is 19.7 Å². The second-order valence-corrected chi connectivity index (χ2v) is 10.2. The van der Waals surface area contributed by atoms with E-state index in [2.05, 4.69) is 0 Å². The molecule has 0 radical (unpaired) electrons. The van der Waals surface area contributed by atoms with Crippen molar-refractivity contribution in [2.45, 2.75) is 19.6 Å². The Hall–Kier alpha value is -1.86. The summed E-state index contributed by atoms with van der Waals surface area (Å²) in [5.74, 6) is 0. The fourth-order valence-electron chi connectivity index (χ4n) is 2.31. The zero-order chi connectivity index (χ0) is 18.9. The second-order valence-electron chi connectivity index (χ2n) is 5.39.